The van der Waals surface area contributed by atoms with Crippen LogP contribution in [0, 0.1) is 41.5 Å². The molecule has 0 saturated carbocycles. The second-order valence-corrected chi connectivity index (χ2v) is 17.7. The van der Waals surface area contributed by atoms with E-state index in [0.717, 1.165) is 44.8 Å². The zero-order chi connectivity index (χ0) is 46.7. The van der Waals surface area contributed by atoms with Crippen molar-refractivity contribution in [3.63, 3.8) is 0 Å². The molecule has 0 spiro atoms. The van der Waals surface area contributed by atoms with Crippen LogP contribution < -0.4 is 4.90 Å². The van der Waals surface area contributed by atoms with E-state index in [0.29, 0.717) is 29.2 Å². The van der Waals surface area contributed by atoms with Crippen molar-refractivity contribution in [1.29, 1.82) is 0 Å². The molecule has 0 bridgehead atoms. The van der Waals surface area contributed by atoms with Gasteiger partial charge in [0, 0.05) is 34.2 Å². The minimum absolute atomic E-state index is 0.000522. The van der Waals surface area contributed by atoms with Gasteiger partial charge in [-0.2, -0.15) is 9.97 Å². The lowest BCUT2D eigenvalue weighted by molar-refractivity contribution is 0.918. The number of aryl methyl sites for hydroxylation is 6. The Labute approximate surface area is 399 Å². The van der Waals surface area contributed by atoms with E-state index in [9.17, 15) is 0 Å². The maximum atomic E-state index is 5.36. The van der Waals surface area contributed by atoms with Crippen molar-refractivity contribution in [1.82, 2.24) is 24.9 Å². The highest BCUT2D eigenvalue weighted by atomic mass is 15.3. The molecule has 0 fully saturated rings. The summed E-state index contributed by atoms with van der Waals surface area (Å²) in [6.07, 6.45) is 0. The molecule has 10 aromatic rings. The number of hydrogen-bond donors (Lipinski definition) is 0. The highest BCUT2D eigenvalue weighted by molar-refractivity contribution is 5.78. The lowest BCUT2D eigenvalue weighted by atomic mass is 9.77. The predicted octanol–water partition coefficient (Wildman–Crippen LogP) is 15.5. The Bertz CT molecular complexity index is 3210. The van der Waals surface area contributed by atoms with Crippen molar-refractivity contribution in [2.75, 3.05) is 4.90 Å². The summed E-state index contributed by atoms with van der Waals surface area (Å²) in [6, 6.07) is 69.5. The second-order valence-electron chi connectivity index (χ2n) is 17.7. The third-order valence-corrected chi connectivity index (χ3v) is 12.7. The van der Waals surface area contributed by atoms with Gasteiger partial charge in [-0.3, -0.25) is 4.90 Å². The van der Waals surface area contributed by atoms with Gasteiger partial charge >= 0.3 is 0 Å². The van der Waals surface area contributed by atoms with Crippen LogP contribution in [0.1, 0.15) is 56.0 Å². The molecule has 0 unspecified atom stereocenters. The van der Waals surface area contributed by atoms with Gasteiger partial charge in [-0.05, 0) is 104 Å². The van der Waals surface area contributed by atoms with Gasteiger partial charge in [0.1, 0.15) is 5.82 Å². The van der Waals surface area contributed by atoms with E-state index in [1.165, 1.54) is 50.1 Å². The molecule has 0 aliphatic rings. The molecule has 8 aromatic carbocycles. The first-order valence-electron chi connectivity index (χ1n) is 23.2. The van der Waals surface area contributed by atoms with Crippen LogP contribution in [-0.2, 0) is 0 Å². The summed E-state index contributed by atoms with van der Waals surface area (Å²) < 4.78 is 0. The summed E-state index contributed by atoms with van der Waals surface area (Å²) >= 11 is 0. The Kier molecular flexibility index (Phi) is 12.1. The summed E-state index contributed by atoms with van der Waals surface area (Å²) in [6.45, 7) is 13.4. The highest BCUT2D eigenvalue weighted by Crippen LogP contribution is 2.42. The van der Waals surface area contributed by atoms with E-state index < -0.39 is 0 Å². The molecule has 0 atom stereocenters. The molecule has 0 amide bonds. The smallest absolute Gasteiger partial charge is 0.239 e. The topological polar surface area (TPSA) is 67.7 Å². The van der Waals surface area contributed by atoms with Gasteiger partial charge in [0.25, 0.3) is 0 Å². The normalized spacial score (nSPS) is 11.2. The van der Waals surface area contributed by atoms with Gasteiger partial charge in [0.15, 0.2) is 17.5 Å². The number of anilines is 3. The van der Waals surface area contributed by atoms with Gasteiger partial charge in [-0.25, -0.2) is 15.0 Å². The molecule has 0 radical (unpaired) electrons. The third kappa shape index (κ3) is 8.97. The van der Waals surface area contributed by atoms with Crippen molar-refractivity contribution in [3.8, 4) is 56.5 Å². The van der Waals surface area contributed by atoms with Crippen LogP contribution in [0.2, 0.25) is 0 Å². The van der Waals surface area contributed by atoms with Crippen LogP contribution in [0.3, 0.4) is 0 Å². The number of nitrogens with zero attached hydrogens (tertiary/aromatic N) is 6. The highest BCUT2D eigenvalue weighted by Gasteiger charge is 2.27. The van der Waals surface area contributed by atoms with Crippen molar-refractivity contribution in [2.24, 2.45) is 0 Å². The third-order valence-electron chi connectivity index (χ3n) is 12.7. The summed E-state index contributed by atoms with van der Waals surface area (Å²) in [7, 11) is 0. The van der Waals surface area contributed by atoms with Crippen molar-refractivity contribution < 1.29 is 0 Å². The maximum absolute atomic E-state index is 5.36. The van der Waals surface area contributed by atoms with Crippen LogP contribution in [0.25, 0.3) is 56.5 Å². The number of hydrogen-bond acceptors (Lipinski definition) is 6. The fourth-order valence-corrected chi connectivity index (χ4v) is 9.71. The van der Waals surface area contributed by atoms with Crippen LogP contribution in [-0.4, -0.2) is 24.9 Å². The number of benzene rings is 8. The monoisotopic (exact) mass is 880 g/mol. The Balaban J connectivity index is 1.20. The Morgan fingerprint density at radius 3 is 1.19 bits per heavy atom. The molecule has 0 saturated heterocycles. The van der Waals surface area contributed by atoms with Crippen LogP contribution in [0.5, 0.6) is 0 Å². The minimum atomic E-state index is -0.000522. The summed E-state index contributed by atoms with van der Waals surface area (Å²) in [5.41, 5.74) is 19.0. The van der Waals surface area contributed by atoms with Crippen molar-refractivity contribution in [3.05, 3.63) is 250 Å². The molecule has 0 aliphatic heterocycles. The second kappa shape index (κ2) is 18.9. The molecule has 6 heteroatoms. The zero-order valence-corrected chi connectivity index (χ0v) is 39.3. The van der Waals surface area contributed by atoms with Gasteiger partial charge < -0.3 is 0 Å². The standard InChI is InChI=1S/C62H52N6/c1-40-35-42(3)56(43(4)36-40)58(57-44(5)37-41(2)38-45(57)6)49-31-33-53(34-32-49)68(55-39-54(48-21-13-8-14-22-48)63-59(64-55)50-23-15-9-16-24-50)62-66-60(51-25-17-10-18-26-51)65-61(67-62)52-29-27-47(28-30-52)46-19-11-7-12-20-46/h7-39,58H,1-6H3. The molecular weight excluding hydrogens is 829 g/mol. The quantitative estimate of drug-likeness (QED) is 0.121. The van der Waals surface area contributed by atoms with E-state index in [1.807, 2.05) is 91.0 Å². The molecule has 0 aliphatic carbocycles. The first-order valence-corrected chi connectivity index (χ1v) is 23.2. The fraction of sp³-hybridized carbons (Fsp3) is 0.113. The number of aromatic nitrogens is 5. The average molecular weight is 881 g/mol. The Morgan fingerprint density at radius 2 is 0.721 bits per heavy atom. The van der Waals surface area contributed by atoms with E-state index in [2.05, 4.69) is 156 Å². The predicted molar refractivity (Wildman–Crippen MR) is 280 cm³/mol. The number of rotatable bonds is 11. The minimum Gasteiger partial charge on any atom is -0.263 e. The molecule has 0 N–H and O–H groups in total. The molecule has 10 rings (SSSR count). The molecular formula is C62H52N6. The average Bonchev–Trinajstić information content (AvgIpc) is 3.36. The summed E-state index contributed by atoms with van der Waals surface area (Å²) in [5, 5.41) is 0. The lowest BCUT2D eigenvalue weighted by Crippen LogP contribution is -2.18. The molecule has 68 heavy (non-hydrogen) atoms. The maximum Gasteiger partial charge on any atom is 0.239 e. The van der Waals surface area contributed by atoms with Gasteiger partial charge in [-0.1, -0.05) is 193 Å². The van der Waals surface area contributed by atoms with Crippen LogP contribution >= 0.6 is 0 Å². The summed E-state index contributed by atoms with van der Waals surface area (Å²) in [4.78, 5) is 28.4. The molecule has 330 valence electrons. The van der Waals surface area contributed by atoms with Crippen molar-refractivity contribution in [2.45, 2.75) is 47.5 Å². The zero-order valence-electron chi connectivity index (χ0n) is 39.3. The Hall–Kier alpha value is -8.35. The molecule has 6 nitrogen and oxygen atoms in total. The van der Waals surface area contributed by atoms with E-state index in [-0.39, 0.29) is 5.92 Å². The first kappa shape index (κ1) is 43.5. The van der Waals surface area contributed by atoms with E-state index in [4.69, 9.17) is 24.9 Å². The van der Waals surface area contributed by atoms with Crippen LogP contribution in [0.4, 0.5) is 17.5 Å². The summed E-state index contributed by atoms with van der Waals surface area (Å²) in [5.74, 6) is 2.74. The fourth-order valence-electron chi connectivity index (χ4n) is 9.71. The first-order chi connectivity index (χ1) is 33.2. The Morgan fingerprint density at radius 1 is 0.338 bits per heavy atom. The van der Waals surface area contributed by atoms with Gasteiger partial charge in [-0.15, -0.1) is 0 Å². The largest absolute Gasteiger partial charge is 0.263 e. The lowest BCUT2D eigenvalue weighted by Gasteiger charge is -2.28. The van der Waals surface area contributed by atoms with Crippen molar-refractivity contribution >= 4 is 17.5 Å². The van der Waals surface area contributed by atoms with E-state index >= 15 is 0 Å². The van der Waals surface area contributed by atoms with E-state index in [1.54, 1.807) is 0 Å². The van der Waals surface area contributed by atoms with Crippen LogP contribution in [0.15, 0.2) is 200 Å². The van der Waals surface area contributed by atoms with Gasteiger partial charge in [0.05, 0.1) is 11.4 Å². The van der Waals surface area contributed by atoms with Gasteiger partial charge in [0.2, 0.25) is 5.95 Å². The SMILES string of the molecule is Cc1cc(C)c(C(c2ccc(N(c3cc(-c4ccccc4)nc(-c4ccccc4)n3)c3nc(-c4ccccc4)nc(-c4ccc(-c5ccccc5)cc4)n3)cc2)c2c(C)cc(C)cc2C)c(C)c1. The molecule has 2 aromatic heterocycles. The molecule has 2 heterocycles.